The normalized spacial score (nSPS) is 13.2. The second-order valence-corrected chi connectivity index (χ2v) is 8.26. The summed E-state index contributed by atoms with van der Waals surface area (Å²) in [5, 5.41) is 6.90. The molecule has 0 atom stereocenters. The van der Waals surface area contributed by atoms with Crippen molar-refractivity contribution < 1.29 is 4.79 Å². The highest BCUT2D eigenvalue weighted by Crippen LogP contribution is 2.27. The molecule has 144 valence electrons. The van der Waals surface area contributed by atoms with Crippen LogP contribution in [-0.4, -0.2) is 21.7 Å². The van der Waals surface area contributed by atoms with Crippen molar-refractivity contribution in [1.29, 1.82) is 0 Å². The standard InChI is InChI=1S/C22H24N4OS/c1-14-13-28-22(24-14)11-21(27)25-23-12-19-9-15(2)26(16(19)3)20-8-7-17-5-4-6-18(17)10-20/h7-10,12-13H,4-6,11H2,1-3H3,(H,25,27)/b23-12-. The third-order valence-electron chi connectivity index (χ3n) is 5.18. The summed E-state index contributed by atoms with van der Waals surface area (Å²) in [6.45, 7) is 6.11. The van der Waals surface area contributed by atoms with Crippen LogP contribution in [0.1, 0.15) is 45.2 Å². The van der Waals surface area contributed by atoms with E-state index in [1.54, 1.807) is 6.21 Å². The molecule has 0 bridgehead atoms. The first-order valence-electron chi connectivity index (χ1n) is 9.55. The number of aromatic nitrogens is 2. The van der Waals surface area contributed by atoms with E-state index in [9.17, 15) is 4.79 Å². The van der Waals surface area contributed by atoms with Gasteiger partial charge in [-0.15, -0.1) is 11.3 Å². The smallest absolute Gasteiger partial charge is 0.246 e. The zero-order valence-electron chi connectivity index (χ0n) is 16.5. The maximum atomic E-state index is 12.0. The molecule has 1 N–H and O–H groups in total. The van der Waals surface area contributed by atoms with Crippen molar-refractivity contribution >= 4 is 23.5 Å². The van der Waals surface area contributed by atoms with Crippen molar-refractivity contribution in [2.75, 3.05) is 0 Å². The third kappa shape index (κ3) is 3.78. The van der Waals surface area contributed by atoms with Crippen LogP contribution in [0.3, 0.4) is 0 Å². The van der Waals surface area contributed by atoms with Gasteiger partial charge in [-0.2, -0.15) is 5.10 Å². The van der Waals surface area contributed by atoms with Gasteiger partial charge in [0, 0.05) is 33.7 Å². The number of fused-ring (bicyclic) bond motifs is 1. The van der Waals surface area contributed by atoms with Crippen molar-refractivity contribution in [3.05, 3.63) is 68.4 Å². The lowest BCUT2D eigenvalue weighted by atomic mass is 10.1. The van der Waals surface area contributed by atoms with E-state index in [1.807, 2.05) is 12.3 Å². The second kappa shape index (κ2) is 7.72. The monoisotopic (exact) mass is 392 g/mol. The van der Waals surface area contributed by atoms with Crippen LogP contribution in [0.4, 0.5) is 0 Å². The summed E-state index contributed by atoms with van der Waals surface area (Å²) in [5.41, 5.74) is 11.0. The van der Waals surface area contributed by atoms with Gasteiger partial charge in [0.15, 0.2) is 0 Å². The second-order valence-electron chi connectivity index (χ2n) is 7.32. The Bertz CT molecular complexity index is 1060. The summed E-state index contributed by atoms with van der Waals surface area (Å²) in [7, 11) is 0. The van der Waals surface area contributed by atoms with Gasteiger partial charge in [0.1, 0.15) is 5.01 Å². The molecular weight excluding hydrogens is 368 g/mol. The highest BCUT2D eigenvalue weighted by atomic mass is 32.1. The van der Waals surface area contributed by atoms with Crippen LogP contribution in [0, 0.1) is 20.8 Å². The Morgan fingerprint density at radius 3 is 2.86 bits per heavy atom. The van der Waals surface area contributed by atoms with E-state index >= 15 is 0 Å². The number of thiazole rings is 1. The van der Waals surface area contributed by atoms with E-state index in [0.717, 1.165) is 27.7 Å². The lowest BCUT2D eigenvalue weighted by Gasteiger charge is -2.11. The molecule has 0 saturated heterocycles. The molecular formula is C22H24N4OS. The minimum atomic E-state index is -0.155. The molecule has 1 amide bonds. The molecule has 4 rings (SSSR count). The highest BCUT2D eigenvalue weighted by molar-refractivity contribution is 7.09. The van der Waals surface area contributed by atoms with Gasteiger partial charge in [-0.05, 0) is 69.4 Å². The van der Waals surface area contributed by atoms with Gasteiger partial charge < -0.3 is 4.57 Å². The van der Waals surface area contributed by atoms with E-state index in [4.69, 9.17) is 0 Å². The van der Waals surface area contributed by atoms with Gasteiger partial charge >= 0.3 is 0 Å². The summed E-state index contributed by atoms with van der Waals surface area (Å²) < 4.78 is 2.25. The van der Waals surface area contributed by atoms with Gasteiger partial charge in [0.2, 0.25) is 5.91 Å². The Balaban J connectivity index is 1.48. The zero-order valence-corrected chi connectivity index (χ0v) is 17.3. The fourth-order valence-corrected chi connectivity index (χ4v) is 4.62. The zero-order chi connectivity index (χ0) is 19.7. The Morgan fingerprint density at radius 1 is 1.25 bits per heavy atom. The summed E-state index contributed by atoms with van der Waals surface area (Å²) in [6.07, 6.45) is 5.58. The van der Waals surface area contributed by atoms with Crippen LogP contribution in [0.15, 0.2) is 34.7 Å². The molecule has 0 fully saturated rings. The number of nitrogens with one attached hydrogen (secondary N) is 1. The predicted molar refractivity (Wildman–Crippen MR) is 114 cm³/mol. The molecule has 2 aromatic heterocycles. The van der Waals surface area contributed by atoms with Crippen LogP contribution < -0.4 is 5.43 Å². The maximum Gasteiger partial charge on any atom is 0.246 e. The summed E-state index contributed by atoms with van der Waals surface area (Å²) in [6, 6.07) is 8.86. The quantitative estimate of drug-likeness (QED) is 0.526. The summed E-state index contributed by atoms with van der Waals surface area (Å²) >= 11 is 1.49. The minimum Gasteiger partial charge on any atom is -0.318 e. The fourth-order valence-electron chi connectivity index (χ4n) is 3.85. The van der Waals surface area contributed by atoms with Crippen molar-refractivity contribution in [3.63, 3.8) is 0 Å². The number of nitrogens with zero attached hydrogens (tertiary/aromatic N) is 3. The van der Waals surface area contributed by atoms with Crippen LogP contribution in [0.5, 0.6) is 0 Å². The molecule has 6 heteroatoms. The van der Waals surface area contributed by atoms with Gasteiger partial charge in [-0.1, -0.05) is 6.07 Å². The first-order chi connectivity index (χ1) is 13.5. The molecule has 2 heterocycles. The average Bonchev–Trinajstić information content (AvgIpc) is 3.35. The number of rotatable bonds is 5. The number of benzene rings is 1. The summed E-state index contributed by atoms with van der Waals surface area (Å²) in [4.78, 5) is 16.3. The topological polar surface area (TPSA) is 59.3 Å². The Morgan fingerprint density at radius 2 is 2.07 bits per heavy atom. The summed E-state index contributed by atoms with van der Waals surface area (Å²) in [5.74, 6) is -0.155. The molecule has 5 nitrogen and oxygen atoms in total. The molecule has 0 saturated carbocycles. The number of hydrogen-bond acceptors (Lipinski definition) is 4. The molecule has 28 heavy (non-hydrogen) atoms. The van der Waals surface area contributed by atoms with Crippen molar-refractivity contribution in [2.24, 2.45) is 5.10 Å². The SMILES string of the molecule is Cc1csc(CC(=O)N/N=C\c2cc(C)n(-c3ccc4c(c3)CCC4)c2C)n1. The van der Waals surface area contributed by atoms with E-state index in [0.29, 0.717) is 0 Å². The van der Waals surface area contributed by atoms with Crippen LogP contribution >= 0.6 is 11.3 Å². The lowest BCUT2D eigenvalue weighted by molar-refractivity contribution is -0.120. The number of hydrazone groups is 1. The number of hydrogen-bond donors (Lipinski definition) is 1. The third-order valence-corrected chi connectivity index (χ3v) is 6.15. The van der Waals surface area contributed by atoms with E-state index < -0.39 is 0 Å². The largest absolute Gasteiger partial charge is 0.318 e. The van der Waals surface area contributed by atoms with Crippen molar-refractivity contribution in [1.82, 2.24) is 15.0 Å². The molecule has 1 aliphatic carbocycles. The fraction of sp³-hybridized carbons (Fsp3) is 0.318. The van der Waals surface area contributed by atoms with E-state index in [1.165, 1.54) is 47.4 Å². The molecule has 0 spiro atoms. The lowest BCUT2D eigenvalue weighted by Crippen LogP contribution is -2.19. The number of carbonyl (C=O) groups excluding carboxylic acids is 1. The molecule has 0 unspecified atom stereocenters. The number of carbonyl (C=O) groups is 1. The predicted octanol–water partition coefficient (Wildman–Crippen LogP) is 4.04. The molecule has 0 radical (unpaired) electrons. The van der Waals surface area contributed by atoms with E-state index in [-0.39, 0.29) is 12.3 Å². The van der Waals surface area contributed by atoms with Gasteiger partial charge in [0.05, 0.1) is 12.6 Å². The molecule has 0 aliphatic heterocycles. The minimum absolute atomic E-state index is 0.155. The van der Waals surface area contributed by atoms with Gasteiger partial charge in [-0.25, -0.2) is 10.4 Å². The van der Waals surface area contributed by atoms with Crippen molar-refractivity contribution in [3.8, 4) is 5.69 Å². The Hall–Kier alpha value is -2.73. The molecule has 1 aliphatic rings. The van der Waals surface area contributed by atoms with E-state index in [2.05, 4.69) is 58.2 Å². The van der Waals surface area contributed by atoms with Crippen LogP contribution in [0.25, 0.3) is 5.69 Å². The van der Waals surface area contributed by atoms with Gasteiger partial charge in [-0.3, -0.25) is 4.79 Å². The first kappa shape index (κ1) is 18.6. The Kier molecular flexibility index (Phi) is 5.13. The Labute approximate surface area is 169 Å². The highest BCUT2D eigenvalue weighted by Gasteiger charge is 2.14. The number of amides is 1. The average molecular weight is 393 g/mol. The van der Waals surface area contributed by atoms with Crippen LogP contribution in [0.2, 0.25) is 0 Å². The van der Waals surface area contributed by atoms with Crippen LogP contribution in [-0.2, 0) is 24.1 Å². The first-order valence-corrected chi connectivity index (χ1v) is 10.4. The maximum absolute atomic E-state index is 12.0. The van der Waals surface area contributed by atoms with Crippen molar-refractivity contribution in [2.45, 2.75) is 46.5 Å². The number of aryl methyl sites for hydroxylation is 4. The molecule has 3 aromatic rings. The molecule has 1 aromatic carbocycles. The van der Waals surface area contributed by atoms with Gasteiger partial charge in [0.25, 0.3) is 0 Å².